The van der Waals surface area contributed by atoms with Crippen LogP contribution in [0.3, 0.4) is 0 Å². The second-order valence-electron chi connectivity index (χ2n) is 4.78. The van der Waals surface area contributed by atoms with Gasteiger partial charge < -0.3 is 14.7 Å². The van der Waals surface area contributed by atoms with Crippen LogP contribution in [0.15, 0.2) is 24.3 Å². The number of ether oxygens (including phenoxy) is 1. The van der Waals surface area contributed by atoms with Crippen LogP contribution in [0.2, 0.25) is 0 Å². The smallest absolute Gasteiger partial charge is 0.118 e. The van der Waals surface area contributed by atoms with Crippen LogP contribution >= 0.6 is 12.4 Å². The molecule has 1 aliphatic rings. The van der Waals surface area contributed by atoms with E-state index in [9.17, 15) is 5.11 Å². The first-order chi connectivity index (χ1) is 13.7. The highest BCUT2D eigenvalue weighted by Crippen LogP contribution is 2.40. The molecule has 1 atom stereocenters. The number of halogens is 1. The van der Waals surface area contributed by atoms with Crippen molar-refractivity contribution < 1.29 is 24.9 Å². The van der Waals surface area contributed by atoms with Gasteiger partial charge in [0.05, 0.1) is 12.7 Å². The molecule has 0 aromatic heterocycles. The first kappa shape index (κ1) is 7.67. The van der Waals surface area contributed by atoms with Gasteiger partial charge in [-0.05, 0) is 44.5 Å². The molecule has 1 N–H and O–H groups in total. The second kappa shape index (κ2) is 8.02. The fourth-order valence-corrected chi connectivity index (χ4v) is 1.98. The van der Waals surface area contributed by atoms with E-state index in [-0.39, 0.29) is 18.0 Å². The number of methoxy groups -OCH3 is 1. The van der Waals surface area contributed by atoms with E-state index in [0.29, 0.717) is 5.75 Å². The fourth-order valence-electron chi connectivity index (χ4n) is 1.98. The lowest BCUT2D eigenvalue weighted by Gasteiger charge is -2.40. The van der Waals surface area contributed by atoms with Gasteiger partial charge in [-0.25, -0.2) is 0 Å². The van der Waals surface area contributed by atoms with Crippen molar-refractivity contribution in [1.29, 1.82) is 0 Å². The Balaban J connectivity index is 0.00000512. The summed E-state index contributed by atoms with van der Waals surface area (Å²) >= 11 is 0. The number of aliphatic hydroxyl groups is 1. The van der Waals surface area contributed by atoms with E-state index in [1.165, 1.54) is 50.4 Å². The molecular weight excluding hydrogens is 286 g/mol. The van der Waals surface area contributed by atoms with E-state index in [0.717, 1.165) is 0 Å². The topological polar surface area (TPSA) is 32.7 Å². The molecule has 0 bridgehead atoms. The van der Waals surface area contributed by atoms with Crippen LogP contribution in [0.5, 0.6) is 5.75 Å². The van der Waals surface area contributed by atoms with E-state index in [1.54, 1.807) is 0 Å². The van der Waals surface area contributed by atoms with Gasteiger partial charge in [0.15, 0.2) is 0 Å². The van der Waals surface area contributed by atoms with Crippen molar-refractivity contribution in [3.63, 3.8) is 0 Å². The minimum atomic E-state index is -3.73. The zero-order valence-corrected chi connectivity index (χ0v) is 13.0. The summed E-state index contributed by atoms with van der Waals surface area (Å²) in [6.45, 7) is -0.524. The average Bonchev–Trinajstić information content (AvgIpc) is 2.64. The normalized spacial score (nSPS) is 40.1. The molecule has 1 saturated carbocycles. The second-order valence-corrected chi connectivity index (χ2v) is 4.78. The third-order valence-electron chi connectivity index (χ3n) is 2.96. The van der Waals surface area contributed by atoms with Crippen LogP contribution in [0.1, 0.15) is 58.4 Å². The molecule has 0 amide bonds. The maximum atomic E-state index is 11.7. The lowest BCUT2D eigenvalue weighted by atomic mass is 9.72. The molecule has 1 fully saturated rings. The molecule has 0 aliphatic heterocycles. The van der Waals surface area contributed by atoms with E-state index in [2.05, 4.69) is 0 Å². The van der Waals surface area contributed by atoms with Crippen LogP contribution in [-0.2, 0) is 0 Å². The van der Waals surface area contributed by atoms with Gasteiger partial charge >= 0.3 is 0 Å². The van der Waals surface area contributed by atoms with Crippen molar-refractivity contribution in [2.45, 2.75) is 43.4 Å². The predicted octanol–water partition coefficient (Wildman–Crippen LogP) is 3.46. The number of hydrogen-bond donors (Lipinski definition) is 1. The molecule has 0 radical (unpaired) electrons. The van der Waals surface area contributed by atoms with Gasteiger partial charge in [0.25, 0.3) is 0 Å². The highest BCUT2D eigenvalue weighted by atomic mass is 35.5. The Bertz CT molecular complexity index is 802. The van der Waals surface area contributed by atoms with Crippen LogP contribution in [-0.4, -0.2) is 43.4 Å². The molecule has 0 heterocycles. The maximum absolute atomic E-state index is 11.7. The average molecular weight is 325 g/mol. The highest BCUT2D eigenvalue weighted by molar-refractivity contribution is 5.85. The van der Waals surface area contributed by atoms with Crippen LogP contribution in [0, 0.1) is 0 Å². The number of likely N-dealkylation sites (N-methyl/N-ethyl adjacent to an activating group) is 1. The molecule has 1 aromatic carbocycles. The van der Waals surface area contributed by atoms with Gasteiger partial charge in [0.1, 0.15) is 5.75 Å². The molecule has 1 unspecified atom stereocenters. The summed E-state index contributed by atoms with van der Waals surface area (Å²) in [7, 11) is 4.35. The van der Waals surface area contributed by atoms with Crippen LogP contribution in [0.4, 0.5) is 0 Å². The largest absolute Gasteiger partial charge is 0.497 e. The molecule has 1 aromatic rings. The maximum Gasteiger partial charge on any atom is 0.118 e. The summed E-state index contributed by atoms with van der Waals surface area (Å²) in [5.74, 6) is -2.30. The number of hydrogen-bond acceptors (Lipinski definition) is 3. The van der Waals surface area contributed by atoms with Crippen molar-refractivity contribution in [2.24, 2.45) is 0 Å². The Hall–Kier alpha value is -0.770. The van der Waals surface area contributed by atoms with E-state index >= 15 is 0 Å². The van der Waals surface area contributed by atoms with Gasteiger partial charge in [-0.3, -0.25) is 0 Å². The minimum absolute atomic E-state index is 0. The molecule has 0 saturated heterocycles. The first-order valence-corrected chi connectivity index (χ1v) is 6.22. The summed E-state index contributed by atoms with van der Waals surface area (Å²) in [6.07, 6.45) is -18.5. The van der Waals surface area contributed by atoms with Crippen LogP contribution < -0.4 is 4.74 Å². The molecular formula is C17H28ClNO2. The third kappa shape index (κ3) is 4.60. The summed E-state index contributed by atoms with van der Waals surface area (Å²) in [4.78, 5) is 1.36. The van der Waals surface area contributed by atoms with Gasteiger partial charge in [0, 0.05) is 27.5 Å². The SMILES string of the molecule is Cl.[2H]C(CN(C)C)(c1ccc(OC)cc1)C1(O)C([2H])([2H])C([2H])([2H])C([2H])([2H])C([2H])([2H])C1([2H])[2H]. The summed E-state index contributed by atoms with van der Waals surface area (Å²) in [5, 5.41) is 11.7. The summed E-state index contributed by atoms with van der Waals surface area (Å²) in [6, 6.07) is 5.37. The third-order valence-corrected chi connectivity index (χ3v) is 2.96. The Labute approximate surface area is 150 Å². The van der Waals surface area contributed by atoms with Gasteiger partial charge in [0.2, 0.25) is 0 Å². The van der Waals surface area contributed by atoms with E-state index < -0.39 is 49.9 Å². The first-order valence-electron chi connectivity index (χ1n) is 11.7. The molecule has 3 nitrogen and oxygen atoms in total. The number of rotatable bonds is 5. The van der Waals surface area contributed by atoms with Crippen molar-refractivity contribution in [3.05, 3.63) is 29.8 Å². The monoisotopic (exact) mass is 324 g/mol. The number of nitrogens with zero attached hydrogens (tertiary/aromatic N) is 1. The van der Waals surface area contributed by atoms with E-state index in [1.807, 2.05) is 0 Å². The molecule has 0 spiro atoms. The Morgan fingerprint density at radius 3 is 2.33 bits per heavy atom. The molecule has 4 heteroatoms. The standard InChI is InChI=1S/C17H27NO2.ClH/c1-18(2)13-16(17(19)11-5-4-6-12-17)14-7-9-15(20-3)10-8-14;/h7-10,16,19H,4-6,11-13H2,1-3H3;1H/i4D2,5D2,6D2,11D2,12D2,16D;. The number of benzene rings is 1. The van der Waals surface area contributed by atoms with Gasteiger partial charge in [-0.15, -0.1) is 12.4 Å². The van der Waals surface area contributed by atoms with Gasteiger partial charge in [-0.1, -0.05) is 31.3 Å². The van der Waals surface area contributed by atoms with Crippen molar-refractivity contribution in [3.8, 4) is 5.75 Å². The minimum Gasteiger partial charge on any atom is -0.497 e. The Morgan fingerprint density at radius 2 is 1.86 bits per heavy atom. The molecule has 2 rings (SSSR count). The zero-order valence-electron chi connectivity index (χ0n) is 23.2. The van der Waals surface area contributed by atoms with E-state index in [4.69, 9.17) is 19.8 Å². The lowest BCUT2D eigenvalue weighted by Crippen LogP contribution is -2.42. The molecule has 1 aliphatic carbocycles. The molecule has 120 valence electrons. The fraction of sp³-hybridized carbons (Fsp3) is 0.647. The zero-order chi connectivity index (χ0) is 24.5. The lowest BCUT2D eigenvalue weighted by molar-refractivity contribution is -0.0277. The quantitative estimate of drug-likeness (QED) is 0.900. The van der Waals surface area contributed by atoms with Crippen LogP contribution in [0.25, 0.3) is 0 Å². The Kier molecular flexibility index (Phi) is 2.93. The summed E-state index contributed by atoms with van der Waals surface area (Å²) < 4.78 is 96.4. The molecule has 21 heavy (non-hydrogen) atoms. The van der Waals surface area contributed by atoms with Crippen molar-refractivity contribution in [2.75, 3.05) is 27.7 Å². The summed E-state index contributed by atoms with van der Waals surface area (Å²) in [5.41, 5.74) is -3.78. The predicted molar refractivity (Wildman–Crippen MR) is 89.6 cm³/mol. The highest BCUT2D eigenvalue weighted by Gasteiger charge is 2.38. The van der Waals surface area contributed by atoms with Crippen molar-refractivity contribution in [1.82, 2.24) is 4.90 Å². The van der Waals surface area contributed by atoms with Crippen molar-refractivity contribution >= 4 is 12.4 Å². The Morgan fingerprint density at radius 1 is 1.29 bits per heavy atom. The van der Waals surface area contributed by atoms with Gasteiger partial charge in [-0.2, -0.15) is 0 Å².